The highest BCUT2D eigenvalue weighted by atomic mass is 32.2. The lowest BCUT2D eigenvalue weighted by Crippen LogP contribution is -2.17. The number of halogens is 2. The Morgan fingerprint density at radius 3 is 2.59 bits per heavy atom. The van der Waals surface area contributed by atoms with Gasteiger partial charge in [-0.2, -0.15) is 5.10 Å². The van der Waals surface area contributed by atoms with Crippen molar-refractivity contribution in [2.75, 3.05) is 11.6 Å². The lowest BCUT2D eigenvalue weighted by atomic mass is 10.2. The fraction of sp³-hybridized carbons (Fsp3) is 0.0526. The molecule has 0 radical (unpaired) electrons. The first kappa shape index (κ1) is 18.8. The zero-order chi connectivity index (χ0) is 20.4. The molecule has 4 aromatic rings. The number of hydrogen-bond acceptors (Lipinski definition) is 5. The Hall–Kier alpha value is -3.53. The molecule has 29 heavy (non-hydrogen) atoms. The van der Waals surface area contributed by atoms with E-state index < -0.39 is 11.7 Å². The SMILES string of the molecule is CSc1ncc(C(=O)Nc2ccc(-n3cncn3)c(F)c2)n1-c1ccc(F)cc1. The predicted molar refractivity (Wildman–Crippen MR) is 105 cm³/mol. The predicted octanol–water partition coefficient (Wildman–Crippen LogP) is 3.71. The van der Waals surface area contributed by atoms with Crippen molar-refractivity contribution >= 4 is 23.4 Å². The van der Waals surface area contributed by atoms with Gasteiger partial charge in [0.25, 0.3) is 5.91 Å². The van der Waals surface area contributed by atoms with Crippen molar-refractivity contribution in [1.29, 1.82) is 0 Å². The van der Waals surface area contributed by atoms with Crippen molar-refractivity contribution in [1.82, 2.24) is 24.3 Å². The molecule has 4 rings (SSSR count). The van der Waals surface area contributed by atoms with Gasteiger partial charge >= 0.3 is 0 Å². The average Bonchev–Trinajstić information content (AvgIpc) is 3.38. The molecule has 0 unspecified atom stereocenters. The fourth-order valence-electron chi connectivity index (χ4n) is 2.78. The van der Waals surface area contributed by atoms with E-state index in [2.05, 4.69) is 20.4 Å². The first-order valence-corrected chi connectivity index (χ1v) is 9.63. The van der Waals surface area contributed by atoms with E-state index in [1.54, 1.807) is 22.8 Å². The molecule has 0 aliphatic carbocycles. The van der Waals surface area contributed by atoms with Crippen LogP contribution in [0.4, 0.5) is 14.5 Å². The van der Waals surface area contributed by atoms with E-state index in [4.69, 9.17) is 0 Å². The van der Waals surface area contributed by atoms with Gasteiger partial charge in [-0.15, -0.1) is 0 Å². The second kappa shape index (κ2) is 7.84. The summed E-state index contributed by atoms with van der Waals surface area (Å²) < 4.78 is 30.6. The zero-order valence-electron chi connectivity index (χ0n) is 15.1. The molecular formula is C19H14F2N6OS. The maximum atomic E-state index is 14.4. The number of nitrogens with zero attached hydrogens (tertiary/aromatic N) is 5. The van der Waals surface area contributed by atoms with Crippen LogP contribution >= 0.6 is 11.8 Å². The van der Waals surface area contributed by atoms with E-state index in [0.717, 1.165) is 0 Å². The number of benzene rings is 2. The van der Waals surface area contributed by atoms with Crippen LogP contribution in [0.1, 0.15) is 10.5 Å². The summed E-state index contributed by atoms with van der Waals surface area (Å²) >= 11 is 1.34. The Bertz CT molecular complexity index is 1160. The standard InChI is InChI=1S/C19H14F2N6OS/c1-29-19-23-9-17(27(19)14-5-2-12(20)3-6-14)18(28)25-13-4-7-16(15(21)8-13)26-11-22-10-24-26/h2-11H,1H3,(H,25,28). The van der Waals surface area contributed by atoms with Gasteiger partial charge in [-0.1, -0.05) is 11.8 Å². The highest BCUT2D eigenvalue weighted by Crippen LogP contribution is 2.23. The molecule has 0 fully saturated rings. The van der Waals surface area contributed by atoms with E-state index in [-0.39, 0.29) is 22.9 Å². The van der Waals surface area contributed by atoms with Crippen LogP contribution in [0.15, 0.2) is 66.5 Å². The van der Waals surface area contributed by atoms with Crippen LogP contribution < -0.4 is 5.32 Å². The number of aromatic nitrogens is 5. The molecule has 0 bridgehead atoms. The molecular weight excluding hydrogens is 398 g/mol. The van der Waals surface area contributed by atoms with Crippen LogP contribution in [0.25, 0.3) is 11.4 Å². The highest BCUT2D eigenvalue weighted by Gasteiger charge is 2.18. The molecule has 2 aromatic heterocycles. The third kappa shape index (κ3) is 3.74. The molecule has 2 aromatic carbocycles. The third-order valence-electron chi connectivity index (χ3n) is 4.10. The lowest BCUT2D eigenvalue weighted by molar-refractivity contribution is 0.102. The molecule has 2 heterocycles. The van der Waals surface area contributed by atoms with Crippen LogP contribution in [0, 0.1) is 11.6 Å². The maximum Gasteiger partial charge on any atom is 0.274 e. The van der Waals surface area contributed by atoms with E-state index in [9.17, 15) is 13.6 Å². The Balaban J connectivity index is 1.63. The second-order valence-corrected chi connectivity index (χ2v) is 6.68. The molecule has 7 nitrogen and oxygen atoms in total. The van der Waals surface area contributed by atoms with Gasteiger partial charge in [0.1, 0.15) is 29.9 Å². The van der Waals surface area contributed by atoms with Crippen LogP contribution in [0.2, 0.25) is 0 Å². The Labute approximate surface area is 168 Å². The van der Waals surface area contributed by atoms with Crippen LogP contribution in [-0.2, 0) is 0 Å². The molecule has 10 heteroatoms. The van der Waals surface area contributed by atoms with Crippen molar-refractivity contribution in [3.05, 3.63) is 78.6 Å². The summed E-state index contributed by atoms with van der Waals surface area (Å²) in [6.45, 7) is 0. The van der Waals surface area contributed by atoms with Crippen molar-refractivity contribution in [3.63, 3.8) is 0 Å². The monoisotopic (exact) mass is 412 g/mol. The molecule has 146 valence electrons. The summed E-state index contributed by atoms with van der Waals surface area (Å²) in [7, 11) is 0. The number of carbonyl (C=O) groups excluding carboxylic acids is 1. The first-order valence-electron chi connectivity index (χ1n) is 8.40. The molecule has 0 aliphatic heterocycles. The summed E-state index contributed by atoms with van der Waals surface area (Å²) in [5, 5.41) is 7.11. The van der Waals surface area contributed by atoms with Crippen LogP contribution in [0.3, 0.4) is 0 Å². The number of rotatable bonds is 5. The van der Waals surface area contributed by atoms with Gasteiger partial charge in [0.05, 0.1) is 6.20 Å². The van der Waals surface area contributed by atoms with Gasteiger partial charge in [0.15, 0.2) is 11.0 Å². The topological polar surface area (TPSA) is 77.6 Å². The normalized spacial score (nSPS) is 10.9. The van der Waals surface area contributed by atoms with Crippen molar-refractivity contribution in [3.8, 4) is 11.4 Å². The minimum absolute atomic E-state index is 0.210. The second-order valence-electron chi connectivity index (χ2n) is 5.90. The molecule has 0 aliphatic rings. The number of anilines is 1. The minimum Gasteiger partial charge on any atom is -0.321 e. The molecule has 0 spiro atoms. The van der Waals surface area contributed by atoms with Crippen LogP contribution in [-0.4, -0.2) is 36.5 Å². The summed E-state index contributed by atoms with van der Waals surface area (Å²) in [5.41, 5.74) is 1.31. The Morgan fingerprint density at radius 2 is 1.93 bits per heavy atom. The minimum atomic E-state index is -0.565. The van der Waals surface area contributed by atoms with Gasteiger partial charge in [0.2, 0.25) is 0 Å². The van der Waals surface area contributed by atoms with Crippen molar-refractivity contribution in [2.45, 2.75) is 5.16 Å². The smallest absolute Gasteiger partial charge is 0.274 e. The van der Waals surface area contributed by atoms with Gasteiger partial charge in [-0.25, -0.2) is 23.4 Å². The van der Waals surface area contributed by atoms with E-state index in [1.807, 2.05) is 6.26 Å². The highest BCUT2D eigenvalue weighted by molar-refractivity contribution is 7.98. The first-order chi connectivity index (χ1) is 14.1. The number of nitrogens with one attached hydrogen (secondary N) is 1. The molecule has 0 atom stereocenters. The largest absolute Gasteiger partial charge is 0.321 e. The van der Waals surface area contributed by atoms with Crippen molar-refractivity contribution < 1.29 is 13.6 Å². The molecule has 0 saturated carbocycles. The molecule has 0 saturated heterocycles. The average molecular weight is 412 g/mol. The van der Waals surface area contributed by atoms with Gasteiger partial charge in [0, 0.05) is 11.4 Å². The van der Waals surface area contributed by atoms with Gasteiger partial charge < -0.3 is 5.32 Å². The van der Waals surface area contributed by atoms with E-state index in [0.29, 0.717) is 10.8 Å². The quantitative estimate of drug-likeness (QED) is 0.506. The van der Waals surface area contributed by atoms with Crippen molar-refractivity contribution in [2.24, 2.45) is 0 Å². The molecule has 1 amide bonds. The maximum absolute atomic E-state index is 14.4. The summed E-state index contributed by atoms with van der Waals surface area (Å²) in [5.74, 6) is -1.42. The Kier molecular flexibility index (Phi) is 5.09. The summed E-state index contributed by atoms with van der Waals surface area (Å²) in [4.78, 5) is 20.8. The fourth-order valence-corrected chi connectivity index (χ4v) is 3.32. The van der Waals surface area contributed by atoms with Crippen LogP contribution in [0.5, 0.6) is 0 Å². The van der Waals surface area contributed by atoms with Gasteiger partial charge in [-0.3, -0.25) is 9.36 Å². The van der Waals surface area contributed by atoms with Gasteiger partial charge in [-0.05, 0) is 48.7 Å². The number of hydrogen-bond donors (Lipinski definition) is 1. The Morgan fingerprint density at radius 1 is 1.14 bits per heavy atom. The number of carbonyl (C=O) groups is 1. The number of imidazole rings is 1. The zero-order valence-corrected chi connectivity index (χ0v) is 15.9. The van der Waals surface area contributed by atoms with E-state index >= 15 is 0 Å². The number of amides is 1. The molecule has 1 N–H and O–H groups in total. The summed E-state index contributed by atoms with van der Waals surface area (Å²) in [6.07, 6.45) is 5.92. The third-order valence-corrected chi connectivity index (χ3v) is 4.75. The van der Waals surface area contributed by atoms with E-state index in [1.165, 1.54) is 59.6 Å². The summed E-state index contributed by atoms with van der Waals surface area (Å²) in [6, 6.07) is 9.97. The number of thioether (sulfide) groups is 1. The lowest BCUT2D eigenvalue weighted by Gasteiger charge is -2.12.